The number of benzene rings is 1. The molecule has 0 spiro atoms. The van der Waals surface area contributed by atoms with E-state index >= 15 is 0 Å². The van der Waals surface area contributed by atoms with Crippen LogP contribution in [0.25, 0.3) is 0 Å². The predicted octanol–water partition coefficient (Wildman–Crippen LogP) is 2.09. The van der Waals surface area contributed by atoms with E-state index < -0.39 is 10.2 Å². The summed E-state index contributed by atoms with van der Waals surface area (Å²) in [6, 6.07) is 6.07. The van der Waals surface area contributed by atoms with Crippen LogP contribution < -0.4 is 14.8 Å². The van der Waals surface area contributed by atoms with Gasteiger partial charge in [0.15, 0.2) is 0 Å². The smallest absolute Gasteiger partial charge is 0.299 e. The molecular formula is C13H21N3O2S. The van der Waals surface area contributed by atoms with E-state index in [0.717, 1.165) is 30.5 Å². The Morgan fingerprint density at radius 1 is 1.42 bits per heavy atom. The van der Waals surface area contributed by atoms with E-state index in [2.05, 4.69) is 21.7 Å². The van der Waals surface area contributed by atoms with Crippen molar-refractivity contribution in [2.75, 3.05) is 16.6 Å². The first kappa shape index (κ1) is 14.1. The fourth-order valence-corrected chi connectivity index (χ4v) is 3.18. The number of hydrogen-bond donors (Lipinski definition) is 3. The summed E-state index contributed by atoms with van der Waals surface area (Å²) in [5.74, 6) is 0. The van der Waals surface area contributed by atoms with Gasteiger partial charge in [-0.15, -0.1) is 0 Å². The van der Waals surface area contributed by atoms with Crippen molar-refractivity contribution in [2.24, 2.45) is 0 Å². The van der Waals surface area contributed by atoms with Gasteiger partial charge in [-0.3, -0.25) is 4.72 Å². The molecule has 0 saturated carbocycles. The molecule has 1 aromatic rings. The Bertz CT molecular complexity index is 543. The molecule has 0 fully saturated rings. The molecule has 1 aliphatic rings. The molecule has 19 heavy (non-hydrogen) atoms. The average Bonchev–Trinajstić information content (AvgIpc) is 2.37. The van der Waals surface area contributed by atoms with E-state index in [0.29, 0.717) is 18.3 Å². The zero-order chi connectivity index (χ0) is 13.9. The van der Waals surface area contributed by atoms with Crippen LogP contribution in [0.3, 0.4) is 0 Å². The summed E-state index contributed by atoms with van der Waals surface area (Å²) in [5.41, 5.74) is 2.68. The lowest BCUT2D eigenvalue weighted by Crippen LogP contribution is -2.31. The van der Waals surface area contributed by atoms with Crippen molar-refractivity contribution in [3.63, 3.8) is 0 Å². The summed E-state index contributed by atoms with van der Waals surface area (Å²) in [6.45, 7) is 4.47. The third kappa shape index (κ3) is 3.61. The first-order valence-corrected chi connectivity index (χ1v) is 8.16. The van der Waals surface area contributed by atoms with Gasteiger partial charge in [0, 0.05) is 12.6 Å². The Kier molecular flexibility index (Phi) is 4.31. The largest absolute Gasteiger partial charge is 0.381 e. The van der Waals surface area contributed by atoms with E-state index in [-0.39, 0.29) is 0 Å². The van der Waals surface area contributed by atoms with E-state index in [1.807, 2.05) is 19.1 Å². The summed E-state index contributed by atoms with van der Waals surface area (Å²) < 4.78 is 28.9. The maximum absolute atomic E-state index is 11.9. The van der Waals surface area contributed by atoms with Gasteiger partial charge in [-0.25, -0.2) is 0 Å². The Labute approximate surface area is 115 Å². The van der Waals surface area contributed by atoms with Crippen molar-refractivity contribution in [1.82, 2.24) is 4.72 Å². The summed E-state index contributed by atoms with van der Waals surface area (Å²) in [6.07, 6.45) is 2.81. The van der Waals surface area contributed by atoms with Crippen molar-refractivity contribution in [3.8, 4) is 0 Å². The second-order valence-corrected chi connectivity index (χ2v) is 6.42. The molecule has 0 amide bonds. The van der Waals surface area contributed by atoms with Crippen LogP contribution in [-0.2, 0) is 16.6 Å². The topological polar surface area (TPSA) is 70.2 Å². The number of anilines is 2. The quantitative estimate of drug-likeness (QED) is 0.775. The van der Waals surface area contributed by atoms with Crippen LogP contribution >= 0.6 is 0 Å². The fraction of sp³-hybridized carbons (Fsp3) is 0.538. The number of hydrogen-bond acceptors (Lipinski definition) is 3. The number of fused-ring (bicyclic) bond motifs is 1. The van der Waals surface area contributed by atoms with Crippen molar-refractivity contribution in [2.45, 2.75) is 39.2 Å². The maximum atomic E-state index is 11.9. The van der Waals surface area contributed by atoms with E-state index in [1.54, 1.807) is 6.07 Å². The van der Waals surface area contributed by atoms with Crippen LogP contribution in [0.4, 0.5) is 11.4 Å². The molecule has 6 heteroatoms. The second-order valence-electron chi connectivity index (χ2n) is 4.92. The predicted molar refractivity (Wildman–Crippen MR) is 78.7 cm³/mol. The minimum Gasteiger partial charge on any atom is -0.381 e. The van der Waals surface area contributed by atoms with Gasteiger partial charge < -0.3 is 5.32 Å². The SMILES string of the molecule is CCCNS(=O)(=O)Nc1cccc2c1NC(C)CC2. The van der Waals surface area contributed by atoms with Gasteiger partial charge in [0.25, 0.3) is 10.2 Å². The summed E-state index contributed by atoms with van der Waals surface area (Å²) in [7, 11) is -3.49. The molecule has 0 bridgehead atoms. The highest BCUT2D eigenvalue weighted by molar-refractivity contribution is 7.90. The summed E-state index contributed by atoms with van der Waals surface area (Å²) in [5, 5.41) is 3.35. The molecule has 0 radical (unpaired) electrons. The van der Waals surface area contributed by atoms with Gasteiger partial charge in [-0.05, 0) is 37.8 Å². The summed E-state index contributed by atoms with van der Waals surface area (Å²) >= 11 is 0. The molecule has 1 aromatic carbocycles. The van der Waals surface area contributed by atoms with Gasteiger partial charge in [0.05, 0.1) is 11.4 Å². The van der Waals surface area contributed by atoms with Gasteiger partial charge in [0.1, 0.15) is 0 Å². The molecule has 1 aliphatic heterocycles. The first-order chi connectivity index (χ1) is 9.02. The molecule has 2 rings (SSSR count). The maximum Gasteiger partial charge on any atom is 0.299 e. The lowest BCUT2D eigenvalue weighted by molar-refractivity contribution is 0.586. The van der Waals surface area contributed by atoms with Crippen molar-refractivity contribution in [1.29, 1.82) is 0 Å². The van der Waals surface area contributed by atoms with Crippen LogP contribution in [0.5, 0.6) is 0 Å². The van der Waals surface area contributed by atoms with Crippen molar-refractivity contribution >= 4 is 21.6 Å². The second kappa shape index (κ2) is 5.79. The highest BCUT2D eigenvalue weighted by Gasteiger charge is 2.19. The van der Waals surface area contributed by atoms with Gasteiger partial charge in [0.2, 0.25) is 0 Å². The summed E-state index contributed by atoms with van der Waals surface area (Å²) in [4.78, 5) is 0. The molecule has 106 valence electrons. The van der Waals surface area contributed by atoms with Gasteiger partial charge in [-0.2, -0.15) is 13.1 Å². The Balaban J connectivity index is 2.22. The molecule has 0 saturated heterocycles. The molecule has 0 aromatic heterocycles. The standard InChI is InChI=1S/C13H21N3O2S/c1-3-9-14-19(17,18)16-12-6-4-5-11-8-7-10(2)15-13(11)12/h4-6,10,14-16H,3,7-9H2,1-2H3. The van der Waals surface area contributed by atoms with Gasteiger partial charge in [-0.1, -0.05) is 19.1 Å². The van der Waals surface area contributed by atoms with Crippen molar-refractivity contribution < 1.29 is 8.42 Å². The third-order valence-corrected chi connectivity index (χ3v) is 4.25. The number of para-hydroxylation sites is 1. The lowest BCUT2D eigenvalue weighted by Gasteiger charge is -2.26. The normalized spacial score (nSPS) is 18.5. The number of nitrogens with one attached hydrogen (secondary N) is 3. The lowest BCUT2D eigenvalue weighted by atomic mass is 9.98. The first-order valence-electron chi connectivity index (χ1n) is 6.67. The highest BCUT2D eigenvalue weighted by Crippen LogP contribution is 2.32. The molecule has 1 heterocycles. The minimum absolute atomic E-state index is 0.363. The Morgan fingerprint density at radius 2 is 2.21 bits per heavy atom. The monoisotopic (exact) mass is 283 g/mol. The highest BCUT2D eigenvalue weighted by atomic mass is 32.2. The molecule has 5 nitrogen and oxygen atoms in total. The van der Waals surface area contributed by atoms with Crippen LogP contribution in [-0.4, -0.2) is 21.0 Å². The van der Waals surface area contributed by atoms with Gasteiger partial charge >= 0.3 is 0 Å². The molecular weight excluding hydrogens is 262 g/mol. The van der Waals surface area contributed by atoms with Crippen LogP contribution in [0.15, 0.2) is 18.2 Å². The number of aryl methyl sites for hydroxylation is 1. The molecule has 1 atom stereocenters. The van der Waals surface area contributed by atoms with E-state index in [4.69, 9.17) is 0 Å². The zero-order valence-corrected chi connectivity index (χ0v) is 12.2. The Hall–Kier alpha value is -1.27. The van der Waals surface area contributed by atoms with E-state index in [1.165, 1.54) is 0 Å². The van der Waals surface area contributed by atoms with E-state index in [9.17, 15) is 8.42 Å². The van der Waals surface area contributed by atoms with Crippen LogP contribution in [0, 0.1) is 0 Å². The number of rotatable bonds is 5. The molecule has 3 N–H and O–H groups in total. The third-order valence-electron chi connectivity index (χ3n) is 3.17. The fourth-order valence-electron chi connectivity index (χ4n) is 2.17. The zero-order valence-electron chi connectivity index (χ0n) is 11.4. The minimum atomic E-state index is -3.49. The van der Waals surface area contributed by atoms with Crippen LogP contribution in [0.2, 0.25) is 0 Å². The van der Waals surface area contributed by atoms with Crippen LogP contribution in [0.1, 0.15) is 32.3 Å². The molecule has 1 unspecified atom stereocenters. The van der Waals surface area contributed by atoms with Crippen molar-refractivity contribution in [3.05, 3.63) is 23.8 Å². The Morgan fingerprint density at radius 3 is 2.95 bits per heavy atom. The average molecular weight is 283 g/mol. The molecule has 0 aliphatic carbocycles.